The molecule has 0 spiro atoms. The van der Waals surface area contributed by atoms with Crippen molar-refractivity contribution in [1.82, 2.24) is 14.8 Å². The maximum absolute atomic E-state index is 11.4. The van der Waals surface area contributed by atoms with Gasteiger partial charge in [-0.25, -0.2) is 9.48 Å². The summed E-state index contributed by atoms with van der Waals surface area (Å²) in [6.07, 6.45) is -0.859. The first-order valence-corrected chi connectivity index (χ1v) is 8.44. The second-order valence-electron chi connectivity index (χ2n) is 5.72. The number of benzene rings is 2. The molecule has 3 aromatic rings. The van der Waals surface area contributed by atoms with Crippen LogP contribution in [0.3, 0.4) is 0 Å². The molecule has 0 fully saturated rings. The summed E-state index contributed by atoms with van der Waals surface area (Å²) >= 11 is 5.99. The van der Waals surface area contributed by atoms with Gasteiger partial charge in [0.25, 0.3) is 0 Å². The molecular formula is C19H18ClN3O4. The third kappa shape index (κ3) is 4.39. The lowest BCUT2D eigenvalue weighted by molar-refractivity contribution is -0.0553. The van der Waals surface area contributed by atoms with Crippen LogP contribution in [-0.2, 0) is 11.3 Å². The van der Waals surface area contributed by atoms with E-state index < -0.39 is 6.09 Å². The fourth-order valence-electron chi connectivity index (χ4n) is 2.48. The molecule has 140 valence electrons. The van der Waals surface area contributed by atoms with Gasteiger partial charge < -0.3 is 9.47 Å². The smallest absolute Gasteiger partial charge is 0.433 e. The van der Waals surface area contributed by atoms with E-state index >= 15 is 0 Å². The number of amides is 1. The second kappa shape index (κ2) is 8.11. The summed E-state index contributed by atoms with van der Waals surface area (Å²) in [6, 6.07) is 16.6. The Morgan fingerprint density at radius 3 is 2.44 bits per heavy atom. The molecule has 1 N–H and O–H groups in total. The van der Waals surface area contributed by atoms with Crippen molar-refractivity contribution in [3.63, 3.8) is 0 Å². The van der Waals surface area contributed by atoms with Crippen LogP contribution < -0.4 is 4.74 Å². The van der Waals surface area contributed by atoms with Crippen LogP contribution in [-0.4, -0.2) is 40.3 Å². The zero-order valence-corrected chi connectivity index (χ0v) is 15.6. The van der Waals surface area contributed by atoms with E-state index in [-0.39, 0.29) is 6.61 Å². The molecule has 0 aliphatic rings. The molecule has 0 aliphatic carbocycles. The van der Waals surface area contributed by atoms with Gasteiger partial charge in [0.15, 0.2) is 0 Å². The number of aromatic nitrogens is 2. The van der Waals surface area contributed by atoms with E-state index in [9.17, 15) is 4.79 Å². The van der Waals surface area contributed by atoms with Gasteiger partial charge in [-0.3, -0.25) is 5.21 Å². The van der Waals surface area contributed by atoms with E-state index in [1.54, 1.807) is 23.9 Å². The third-order valence-corrected chi connectivity index (χ3v) is 4.08. The molecule has 1 aromatic heterocycles. The van der Waals surface area contributed by atoms with Gasteiger partial charge >= 0.3 is 6.09 Å². The predicted octanol–water partition coefficient (Wildman–Crippen LogP) is 4.16. The number of carbonyl (C=O) groups is 1. The highest BCUT2D eigenvalue weighted by molar-refractivity contribution is 6.30. The highest BCUT2D eigenvalue weighted by atomic mass is 35.5. The lowest BCUT2D eigenvalue weighted by Gasteiger charge is -2.09. The third-order valence-electron chi connectivity index (χ3n) is 3.82. The molecule has 0 saturated carbocycles. The van der Waals surface area contributed by atoms with E-state index in [0.29, 0.717) is 15.8 Å². The van der Waals surface area contributed by atoms with Gasteiger partial charge in [0.1, 0.15) is 18.1 Å². The second-order valence-corrected chi connectivity index (χ2v) is 6.15. The average molecular weight is 388 g/mol. The van der Waals surface area contributed by atoms with E-state index in [1.807, 2.05) is 42.5 Å². The Bertz CT molecular complexity index is 921. The van der Waals surface area contributed by atoms with Gasteiger partial charge in [0, 0.05) is 17.6 Å². The van der Waals surface area contributed by atoms with Crippen LogP contribution in [0.1, 0.15) is 5.69 Å². The largest absolute Gasteiger partial charge is 0.497 e. The van der Waals surface area contributed by atoms with Crippen LogP contribution in [0.15, 0.2) is 54.6 Å². The van der Waals surface area contributed by atoms with Crippen LogP contribution in [0, 0.1) is 0 Å². The summed E-state index contributed by atoms with van der Waals surface area (Å²) in [7, 11) is 2.80. The van der Waals surface area contributed by atoms with Crippen molar-refractivity contribution in [2.24, 2.45) is 0 Å². The Morgan fingerprint density at radius 2 is 1.85 bits per heavy atom. The minimum Gasteiger partial charge on any atom is -0.497 e. The number of hydrogen-bond donors (Lipinski definition) is 1. The SMILES string of the molecule is COc1ccc(-n2nc(COC(=O)N(C)O)cc2-c2ccc(Cl)cc2)cc1. The summed E-state index contributed by atoms with van der Waals surface area (Å²) in [6.45, 7) is -0.0759. The monoisotopic (exact) mass is 387 g/mol. The minimum absolute atomic E-state index is 0.0759. The zero-order chi connectivity index (χ0) is 19.4. The quantitative estimate of drug-likeness (QED) is 0.525. The fraction of sp³-hybridized carbons (Fsp3) is 0.158. The van der Waals surface area contributed by atoms with Gasteiger partial charge in [0.05, 0.1) is 18.5 Å². The van der Waals surface area contributed by atoms with Gasteiger partial charge in [-0.05, 0) is 42.5 Å². The summed E-state index contributed by atoms with van der Waals surface area (Å²) in [4.78, 5) is 11.4. The normalized spacial score (nSPS) is 10.5. The number of methoxy groups -OCH3 is 1. The molecule has 2 aromatic carbocycles. The molecular weight excluding hydrogens is 370 g/mol. The molecule has 0 aliphatic heterocycles. The van der Waals surface area contributed by atoms with Crippen LogP contribution in [0.25, 0.3) is 16.9 Å². The molecule has 1 amide bonds. The topological polar surface area (TPSA) is 76.8 Å². The summed E-state index contributed by atoms with van der Waals surface area (Å²) in [5, 5.41) is 14.6. The lowest BCUT2D eigenvalue weighted by atomic mass is 10.1. The predicted molar refractivity (Wildman–Crippen MR) is 100 cm³/mol. The zero-order valence-electron chi connectivity index (χ0n) is 14.8. The fourth-order valence-corrected chi connectivity index (χ4v) is 2.60. The molecule has 0 saturated heterocycles. The first kappa shape index (κ1) is 18.8. The van der Waals surface area contributed by atoms with Crippen molar-refractivity contribution in [3.05, 3.63) is 65.3 Å². The summed E-state index contributed by atoms with van der Waals surface area (Å²) in [5.74, 6) is 0.735. The molecule has 0 radical (unpaired) electrons. The van der Waals surface area contributed by atoms with E-state index in [0.717, 1.165) is 22.7 Å². The Hall–Kier alpha value is -3.03. The number of ether oxygens (including phenoxy) is 2. The van der Waals surface area contributed by atoms with E-state index in [1.165, 1.54) is 7.05 Å². The molecule has 8 heteroatoms. The number of hydrogen-bond acceptors (Lipinski definition) is 5. The van der Waals surface area contributed by atoms with Gasteiger partial charge in [-0.1, -0.05) is 23.7 Å². The number of carbonyl (C=O) groups excluding carboxylic acids is 1. The van der Waals surface area contributed by atoms with Crippen molar-refractivity contribution in [2.45, 2.75) is 6.61 Å². The number of rotatable bonds is 5. The number of nitrogens with zero attached hydrogens (tertiary/aromatic N) is 3. The Kier molecular flexibility index (Phi) is 5.63. The number of halogens is 1. The van der Waals surface area contributed by atoms with Crippen molar-refractivity contribution in [1.29, 1.82) is 0 Å². The van der Waals surface area contributed by atoms with Crippen molar-refractivity contribution < 1.29 is 19.5 Å². The van der Waals surface area contributed by atoms with Crippen LogP contribution in [0.2, 0.25) is 5.02 Å². The Balaban J connectivity index is 1.98. The lowest BCUT2D eigenvalue weighted by Crippen LogP contribution is -2.23. The average Bonchev–Trinajstić information content (AvgIpc) is 3.11. The summed E-state index contributed by atoms with van der Waals surface area (Å²) in [5.41, 5.74) is 3.06. The van der Waals surface area contributed by atoms with E-state index in [4.69, 9.17) is 26.3 Å². The number of hydroxylamine groups is 2. The van der Waals surface area contributed by atoms with Gasteiger partial charge in [0.2, 0.25) is 0 Å². The van der Waals surface area contributed by atoms with Gasteiger partial charge in [-0.15, -0.1) is 0 Å². The first-order valence-electron chi connectivity index (χ1n) is 8.06. The van der Waals surface area contributed by atoms with Crippen molar-refractivity contribution in [2.75, 3.05) is 14.2 Å². The molecule has 0 bridgehead atoms. The maximum Gasteiger partial charge on any atom is 0.433 e. The molecule has 1 heterocycles. The van der Waals surface area contributed by atoms with Crippen LogP contribution >= 0.6 is 11.6 Å². The molecule has 0 unspecified atom stereocenters. The van der Waals surface area contributed by atoms with E-state index in [2.05, 4.69) is 5.10 Å². The molecule has 0 atom stereocenters. The van der Waals surface area contributed by atoms with Crippen molar-refractivity contribution in [3.8, 4) is 22.7 Å². The van der Waals surface area contributed by atoms with Gasteiger partial charge in [-0.2, -0.15) is 10.2 Å². The first-order chi connectivity index (χ1) is 13.0. The van der Waals surface area contributed by atoms with Crippen LogP contribution in [0.4, 0.5) is 4.79 Å². The highest BCUT2D eigenvalue weighted by Gasteiger charge is 2.14. The Morgan fingerprint density at radius 1 is 1.19 bits per heavy atom. The Labute approximate surface area is 161 Å². The molecule has 7 nitrogen and oxygen atoms in total. The molecule has 3 rings (SSSR count). The minimum atomic E-state index is -0.859. The standard InChI is InChI=1S/C19H18ClN3O4/c1-22(25)19(24)27-12-15-11-18(13-3-5-14(20)6-4-13)23(21-15)16-7-9-17(26-2)10-8-16/h3-11,25H,12H2,1-2H3. The van der Waals surface area contributed by atoms with Crippen molar-refractivity contribution >= 4 is 17.7 Å². The van der Waals surface area contributed by atoms with Crippen LogP contribution in [0.5, 0.6) is 5.75 Å². The maximum atomic E-state index is 11.4. The molecule has 27 heavy (non-hydrogen) atoms. The highest BCUT2D eigenvalue weighted by Crippen LogP contribution is 2.26. The summed E-state index contributed by atoms with van der Waals surface area (Å²) < 4.78 is 11.9.